The van der Waals surface area contributed by atoms with E-state index in [1.165, 1.54) is 22.0 Å². The third-order valence-corrected chi connectivity index (χ3v) is 3.73. The number of hydrogen-bond acceptors (Lipinski definition) is 1. The molecule has 0 fully saturated rings. The van der Waals surface area contributed by atoms with Crippen molar-refractivity contribution in [3.8, 4) is 0 Å². The maximum Gasteiger partial charge on any atom is 0.0911 e. The predicted octanol–water partition coefficient (Wildman–Crippen LogP) is 3.38. The Kier molecular flexibility index (Phi) is 3.65. The van der Waals surface area contributed by atoms with E-state index in [2.05, 4.69) is 46.4 Å². The van der Waals surface area contributed by atoms with Gasteiger partial charge in [-0.25, -0.2) is 0 Å². The Morgan fingerprint density at radius 2 is 2.16 bits per heavy atom. The van der Waals surface area contributed by atoms with Crippen molar-refractivity contribution in [3.05, 3.63) is 42.1 Å². The summed E-state index contributed by atoms with van der Waals surface area (Å²) in [6.07, 6.45) is 6.11. The molecule has 1 N–H and O–H groups in total. The molecule has 1 aliphatic rings. The molecule has 0 spiro atoms. The average Bonchev–Trinajstić information content (AvgIpc) is 2.85. The van der Waals surface area contributed by atoms with Crippen LogP contribution < -0.4 is 5.32 Å². The number of alkyl halides is 1. The number of nitrogens with one attached hydrogen (secondary N) is 1. The minimum Gasteiger partial charge on any atom is -0.347 e. The number of halogens is 1. The summed E-state index contributed by atoms with van der Waals surface area (Å²) < 4.78 is 14.6. The summed E-state index contributed by atoms with van der Waals surface area (Å²) in [7, 11) is 0. The molecule has 1 aliphatic heterocycles. The maximum atomic E-state index is 12.4. The largest absolute Gasteiger partial charge is 0.347 e. The summed E-state index contributed by atoms with van der Waals surface area (Å²) in [6, 6.07) is 8.42. The number of aryl methyl sites for hydroxylation is 1. The zero-order valence-electron chi connectivity index (χ0n) is 11.0. The molecule has 3 heteroatoms. The fourth-order valence-corrected chi connectivity index (χ4v) is 2.78. The lowest BCUT2D eigenvalue weighted by Crippen LogP contribution is -2.19. The van der Waals surface area contributed by atoms with E-state index in [1.54, 1.807) is 0 Å². The molecule has 1 aromatic carbocycles. The van der Waals surface area contributed by atoms with Gasteiger partial charge in [-0.3, -0.25) is 4.39 Å². The van der Waals surface area contributed by atoms with E-state index in [0.29, 0.717) is 6.42 Å². The number of aromatic nitrogens is 1. The molecule has 0 radical (unpaired) electrons. The Balaban J connectivity index is 2.06. The molecule has 0 amide bonds. The molecule has 2 aromatic rings. The van der Waals surface area contributed by atoms with E-state index in [0.717, 1.165) is 26.1 Å². The van der Waals surface area contributed by atoms with Gasteiger partial charge in [-0.15, -0.1) is 0 Å². The fourth-order valence-electron chi connectivity index (χ4n) is 2.78. The van der Waals surface area contributed by atoms with Crippen molar-refractivity contribution in [2.24, 2.45) is 0 Å². The van der Waals surface area contributed by atoms with Gasteiger partial charge in [0.1, 0.15) is 0 Å². The molecule has 2 nitrogen and oxygen atoms in total. The van der Waals surface area contributed by atoms with E-state index in [1.807, 2.05) is 0 Å². The molecule has 100 valence electrons. The normalized spacial score (nSPS) is 15.7. The van der Waals surface area contributed by atoms with Crippen LogP contribution in [0.25, 0.3) is 16.5 Å². The van der Waals surface area contributed by atoms with Gasteiger partial charge in [0.25, 0.3) is 0 Å². The first-order valence-corrected chi connectivity index (χ1v) is 6.94. The Morgan fingerprint density at radius 1 is 1.26 bits per heavy atom. The Hall–Kier alpha value is -1.61. The second-order valence-corrected chi connectivity index (χ2v) is 4.98. The second-order valence-electron chi connectivity index (χ2n) is 4.98. The van der Waals surface area contributed by atoms with Crippen molar-refractivity contribution in [2.45, 2.75) is 19.4 Å². The van der Waals surface area contributed by atoms with E-state index in [9.17, 15) is 4.39 Å². The first-order valence-electron chi connectivity index (χ1n) is 6.94. The molecular weight excluding hydrogens is 239 g/mol. The van der Waals surface area contributed by atoms with Crippen LogP contribution in [-0.2, 0) is 6.54 Å². The lowest BCUT2D eigenvalue weighted by molar-refractivity contribution is 0.450. The molecule has 3 rings (SSSR count). The number of fused-ring (bicyclic) bond motifs is 1. The van der Waals surface area contributed by atoms with E-state index < -0.39 is 0 Å². The quantitative estimate of drug-likeness (QED) is 0.889. The van der Waals surface area contributed by atoms with Crippen molar-refractivity contribution in [3.63, 3.8) is 0 Å². The van der Waals surface area contributed by atoms with Gasteiger partial charge < -0.3 is 9.88 Å². The van der Waals surface area contributed by atoms with Gasteiger partial charge >= 0.3 is 0 Å². The smallest absolute Gasteiger partial charge is 0.0911 e. The molecule has 2 heterocycles. The SMILES string of the molecule is FCCCn1cc(C2=CCNCC2)c2ccccc21. The molecule has 0 atom stereocenters. The standard InChI is InChI=1S/C16H19FN2/c17-8-3-11-19-12-15(13-6-9-18-10-7-13)14-4-1-2-5-16(14)19/h1-2,4-6,12,18H,3,7-11H2. The Bertz CT molecular complexity index is 598. The van der Waals surface area contributed by atoms with Gasteiger partial charge in [0.2, 0.25) is 0 Å². The first kappa shape index (κ1) is 12.4. The summed E-state index contributed by atoms with van der Waals surface area (Å²) in [6.45, 7) is 2.48. The number of benzene rings is 1. The Labute approximate surface area is 112 Å². The number of para-hydroxylation sites is 1. The predicted molar refractivity (Wildman–Crippen MR) is 78.0 cm³/mol. The van der Waals surface area contributed by atoms with Crippen molar-refractivity contribution in [2.75, 3.05) is 19.8 Å². The van der Waals surface area contributed by atoms with Crippen LogP contribution in [0.3, 0.4) is 0 Å². The zero-order chi connectivity index (χ0) is 13.1. The topological polar surface area (TPSA) is 17.0 Å². The minimum absolute atomic E-state index is 0.255. The van der Waals surface area contributed by atoms with Crippen LogP contribution in [-0.4, -0.2) is 24.3 Å². The highest BCUT2D eigenvalue weighted by Gasteiger charge is 2.13. The molecule has 0 aliphatic carbocycles. The van der Waals surface area contributed by atoms with Crippen LogP contribution in [0.1, 0.15) is 18.4 Å². The van der Waals surface area contributed by atoms with Crippen LogP contribution in [0.15, 0.2) is 36.5 Å². The molecule has 0 bridgehead atoms. The molecule has 0 saturated heterocycles. The van der Waals surface area contributed by atoms with Gasteiger partial charge in [0, 0.05) is 35.8 Å². The summed E-state index contributed by atoms with van der Waals surface area (Å²) in [4.78, 5) is 0. The zero-order valence-corrected chi connectivity index (χ0v) is 11.0. The number of hydrogen-bond donors (Lipinski definition) is 1. The number of rotatable bonds is 4. The molecule has 1 aromatic heterocycles. The van der Waals surface area contributed by atoms with E-state index >= 15 is 0 Å². The van der Waals surface area contributed by atoms with Crippen LogP contribution in [0.4, 0.5) is 4.39 Å². The van der Waals surface area contributed by atoms with Crippen LogP contribution in [0.2, 0.25) is 0 Å². The van der Waals surface area contributed by atoms with Gasteiger partial charge in [0.15, 0.2) is 0 Å². The van der Waals surface area contributed by atoms with Gasteiger partial charge in [-0.05, 0) is 31.0 Å². The van der Waals surface area contributed by atoms with Gasteiger partial charge in [-0.1, -0.05) is 24.3 Å². The molecule has 19 heavy (non-hydrogen) atoms. The fraction of sp³-hybridized carbons (Fsp3) is 0.375. The summed E-state index contributed by atoms with van der Waals surface area (Å²) in [5, 5.41) is 4.63. The summed E-state index contributed by atoms with van der Waals surface area (Å²) in [5.41, 5.74) is 3.94. The summed E-state index contributed by atoms with van der Waals surface area (Å²) >= 11 is 0. The average molecular weight is 258 g/mol. The van der Waals surface area contributed by atoms with Crippen molar-refractivity contribution in [1.82, 2.24) is 9.88 Å². The molecule has 0 saturated carbocycles. The van der Waals surface area contributed by atoms with Crippen molar-refractivity contribution in [1.29, 1.82) is 0 Å². The van der Waals surface area contributed by atoms with Crippen molar-refractivity contribution < 1.29 is 4.39 Å². The third-order valence-electron chi connectivity index (χ3n) is 3.73. The van der Waals surface area contributed by atoms with E-state index in [-0.39, 0.29) is 6.67 Å². The lowest BCUT2D eigenvalue weighted by atomic mass is 10.00. The lowest BCUT2D eigenvalue weighted by Gasteiger charge is -2.13. The highest BCUT2D eigenvalue weighted by atomic mass is 19.1. The number of nitrogens with zero attached hydrogens (tertiary/aromatic N) is 1. The first-order chi connectivity index (χ1) is 9.40. The van der Waals surface area contributed by atoms with Gasteiger partial charge in [-0.2, -0.15) is 0 Å². The van der Waals surface area contributed by atoms with Crippen molar-refractivity contribution >= 4 is 16.5 Å². The van der Waals surface area contributed by atoms with Crippen LogP contribution >= 0.6 is 0 Å². The Morgan fingerprint density at radius 3 is 2.95 bits per heavy atom. The third kappa shape index (κ3) is 2.43. The monoisotopic (exact) mass is 258 g/mol. The minimum atomic E-state index is -0.255. The highest BCUT2D eigenvalue weighted by molar-refractivity contribution is 5.93. The maximum absolute atomic E-state index is 12.4. The van der Waals surface area contributed by atoms with E-state index in [4.69, 9.17) is 0 Å². The van der Waals surface area contributed by atoms with Crippen LogP contribution in [0, 0.1) is 0 Å². The second kappa shape index (κ2) is 5.57. The van der Waals surface area contributed by atoms with Gasteiger partial charge in [0.05, 0.1) is 6.67 Å². The highest BCUT2D eigenvalue weighted by Crippen LogP contribution is 2.29. The molecular formula is C16H19FN2. The molecule has 0 unspecified atom stereocenters. The summed E-state index contributed by atoms with van der Waals surface area (Å²) in [5.74, 6) is 0. The van der Waals surface area contributed by atoms with Crippen LogP contribution in [0.5, 0.6) is 0 Å².